The number of sulfone groups is 1. The Hall–Kier alpha value is -4.81. The predicted octanol–water partition coefficient (Wildman–Crippen LogP) is 7.90. The SMILES string of the molecule is O=S1(=O)c2ccccc2Nc2c(/C=C/c3ccc(OCc4ccccc4)c(OCc4ccccc4)c3)cccc21. The normalized spacial score (nSPS) is 13.2. The largest absolute Gasteiger partial charge is 0.485 e. The summed E-state index contributed by atoms with van der Waals surface area (Å²) in [5, 5.41) is 3.32. The molecule has 1 N–H and O–H groups in total. The fourth-order valence-electron chi connectivity index (χ4n) is 4.62. The van der Waals surface area contributed by atoms with E-state index in [0.29, 0.717) is 36.1 Å². The van der Waals surface area contributed by atoms with Crippen LogP contribution in [0.25, 0.3) is 12.2 Å². The molecule has 6 heteroatoms. The minimum atomic E-state index is -3.62. The molecule has 0 radical (unpaired) electrons. The van der Waals surface area contributed by atoms with Crippen molar-refractivity contribution in [1.82, 2.24) is 0 Å². The van der Waals surface area contributed by atoms with Gasteiger partial charge in [-0.15, -0.1) is 0 Å². The second-order valence-corrected chi connectivity index (χ2v) is 11.3. The van der Waals surface area contributed by atoms with Crippen molar-refractivity contribution >= 4 is 33.4 Å². The molecule has 0 unspecified atom stereocenters. The maximum Gasteiger partial charge on any atom is 0.210 e. The number of ether oxygens (including phenoxy) is 2. The van der Waals surface area contributed by atoms with Crippen molar-refractivity contribution in [2.75, 3.05) is 5.32 Å². The maximum absolute atomic E-state index is 13.3. The molecule has 0 atom stereocenters. The van der Waals surface area contributed by atoms with Gasteiger partial charge in [0, 0.05) is 0 Å². The summed E-state index contributed by atoms with van der Waals surface area (Å²) < 4.78 is 38.9. The van der Waals surface area contributed by atoms with Crippen LogP contribution in [0.1, 0.15) is 22.3 Å². The molecule has 5 aromatic rings. The van der Waals surface area contributed by atoms with Crippen LogP contribution in [0.2, 0.25) is 0 Å². The van der Waals surface area contributed by atoms with Crippen LogP contribution in [0.15, 0.2) is 131 Å². The average molecular weight is 546 g/mol. The molecule has 6 rings (SSSR count). The summed E-state index contributed by atoms with van der Waals surface area (Å²) in [4.78, 5) is 0.555. The Labute approximate surface area is 234 Å². The zero-order valence-electron chi connectivity index (χ0n) is 21.7. The zero-order chi connectivity index (χ0) is 27.4. The van der Waals surface area contributed by atoms with E-state index in [1.165, 1.54) is 0 Å². The molecule has 5 aromatic carbocycles. The lowest BCUT2D eigenvalue weighted by molar-refractivity contribution is 0.256. The fraction of sp³-hybridized carbons (Fsp3) is 0.0588. The summed E-state index contributed by atoms with van der Waals surface area (Å²) in [5.74, 6) is 1.28. The third kappa shape index (κ3) is 5.35. The van der Waals surface area contributed by atoms with Crippen molar-refractivity contribution in [2.45, 2.75) is 23.0 Å². The summed E-state index contributed by atoms with van der Waals surface area (Å²) in [6.07, 6.45) is 3.86. The smallest absolute Gasteiger partial charge is 0.210 e. The summed E-state index contributed by atoms with van der Waals surface area (Å²) in [6, 6.07) is 38.0. The third-order valence-corrected chi connectivity index (χ3v) is 8.54. The number of rotatable bonds is 8. The number of anilines is 2. The van der Waals surface area contributed by atoms with Gasteiger partial charge in [0.2, 0.25) is 9.84 Å². The average Bonchev–Trinajstić information content (AvgIpc) is 2.99. The van der Waals surface area contributed by atoms with Crippen LogP contribution in [0.3, 0.4) is 0 Å². The summed E-state index contributed by atoms with van der Waals surface area (Å²) >= 11 is 0. The van der Waals surface area contributed by atoms with Crippen LogP contribution < -0.4 is 14.8 Å². The first-order valence-electron chi connectivity index (χ1n) is 13.0. The van der Waals surface area contributed by atoms with E-state index >= 15 is 0 Å². The van der Waals surface area contributed by atoms with E-state index in [2.05, 4.69) is 5.32 Å². The maximum atomic E-state index is 13.3. The van der Waals surface area contributed by atoms with Crippen LogP contribution in [-0.2, 0) is 23.1 Å². The van der Waals surface area contributed by atoms with Crippen LogP contribution >= 0.6 is 0 Å². The summed E-state index contributed by atoms with van der Waals surface area (Å²) in [5.41, 5.74) is 4.94. The van der Waals surface area contributed by atoms with E-state index in [4.69, 9.17) is 9.47 Å². The lowest BCUT2D eigenvalue weighted by Gasteiger charge is -2.23. The molecular formula is C34H27NO4S. The Morgan fingerprint density at radius 3 is 1.95 bits per heavy atom. The number of hydrogen-bond donors (Lipinski definition) is 1. The summed E-state index contributed by atoms with van der Waals surface area (Å²) in [7, 11) is -3.62. The monoisotopic (exact) mass is 545 g/mol. The van der Waals surface area contributed by atoms with Gasteiger partial charge in [-0.3, -0.25) is 0 Å². The molecule has 1 heterocycles. The lowest BCUT2D eigenvalue weighted by Crippen LogP contribution is -2.14. The highest BCUT2D eigenvalue weighted by molar-refractivity contribution is 7.92. The number of nitrogens with one attached hydrogen (secondary N) is 1. The first-order valence-corrected chi connectivity index (χ1v) is 14.5. The minimum Gasteiger partial charge on any atom is -0.485 e. The van der Waals surface area contributed by atoms with E-state index in [-0.39, 0.29) is 9.79 Å². The third-order valence-electron chi connectivity index (χ3n) is 6.68. The Morgan fingerprint density at radius 2 is 1.23 bits per heavy atom. The molecule has 198 valence electrons. The number of hydrogen-bond acceptors (Lipinski definition) is 5. The number of benzene rings is 5. The molecule has 0 aromatic heterocycles. The highest BCUT2D eigenvalue weighted by Gasteiger charge is 2.30. The highest BCUT2D eigenvalue weighted by Crippen LogP contribution is 2.41. The van der Waals surface area contributed by atoms with Crippen molar-refractivity contribution in [3.05, 3.63) is 144 Å². The van der Waals surface area contributed by atoms with Crippen molar-refractivity contribution in [2.24, 2.45) is 0 Å². The van der Waals surface area contributed by atoms with Gasteiger partial charge >= 0.3 is 0 Å². The zero-order valence-corrected chi connectivity index (χ0v) is 22.5. The first-order chi connectivity index (χ1) is 19.6. The van der Waals surface area contributed by atoms with Crippen LogP contribution in [0.4, 0.5) is 11.4 Å². The molecule has 0 saturated carbocycles. The van der Waals surface area contributed by atoms with Gasteiger partial charge < -0.3 is 14.8 Å². The van der Waals surface area contributed by atoms with Gasteiger partial charge in [0.15, 0.2) is 11.5 Å². The van der Waals surface area contributed by atoms with Crippen molar-refractivity contribution in [3.8, 4) is 11.5 Å². The highest BCUT2D eigenvalue weighted by atomic mass is 32.2. The molecule has 0 aliphatic carbocycles. The van der Waals surface area contributed by atoms with Gasteiger partial charge in [0.25, 0.3) is 0 Å². The molecule has 0 saturated heterocycles. The Kier molecular flexibility index (Phi) is 7.08. The molecule has 0 spiro atoms. The van der Waals surface area contributed by atoms with Gasteiger partial charge in [0.1, 0.15) is 13.2 Å². The van der Waals surface area contributed by atoms with E-state index in [0.717, 1.165) is 22.3 Å². The van der Waals surface area contributed by atoms with Gasteiger partial charge in [0.05, 0.1) is 21.2 Å². The predicted molar refractivity (Wildman–Crippen MR) is 159 cm³/mol. The number of para-hydroxylation sites is 2. The van der Waals surface area contributed by atoms with Crippen LogP contribution in [-0.4, -0.2) is 8.42 Å². The van der Waals surface area contributed by atoms with Crippen LogP contribution in [0.5, 0.6) is 11.5 Å². The van der Waals surface area contributed by atoms with Gasteiger partial charge in [-0.25, -0.2) is 8.42 Å². The topological polar surface area (TPSA) is 64.6 Å². The van der Waals surface area contributed by atoms with Crippen molar-refractivity contribution in [3.63, 3.8) is 0 Å². The molecule has 0 fully saturated rings. The van der Waals surface area contributed by atoms with Crippen molar-refractivity contribution < 1.29 is 17.9 Å². The van der Waals surface area contributed by atoms with Gasteiger partial charge in [-0.2, -0.15) is 0 Å². The Bertz CT molecular complexity index is 1780. The lowest BCUT2D eigenvalue weighted by atomic mass is 10.1. The molecule has 0 bridgehead atoms. The molecule has 1 aliphatic heterocycles. The van der Waals surface area contributed by atoms with E-state index in [1.54, 1.807) is 30.3 Å². The second-order valence-electron chi connectivity index (χ2n) is 9.43. The molecule has 0 amide bonds. The molecular weight excluding hydrogens is 518 g/mol. The van der Waals surface area contributed by atoms with Crippen molar-refractivity contribution in [1.29, 1.82) is 0 Å². The molecule has 40 heavy (non-hydrogen) atoms. The molecule has 5 nitrogen and oxygen atoms in total. The Morgan fingerprint density at radius 1 is 0.600 bits per heavy atom. The van der Waals surface area contributed by atoms with E-state index in [9.17, 15) is 8.42 Å². The van der Waals surface area contributed by atoms with Gasteiger partial charge in [-0.05, 0) is 52.6 Å². The minimum absolute atomic E-state index is 0.268. The van der Waals surface area contributed by atoms with E-state index < -0.39 is 9.84 Å². The number of fused-ring (bicyclic) bond motifs is 2. The Balaban J connectivity index is 1.29. The fourth-order valence-corrected chi connectivity index (χ4v) is 6.22. The summed E-state index contributed by atoms with van der Waals surface area (Å²) in [6.45, 7) is 0.832. The second kappa shape index (κ2) is 11.1. The first kappa shape index (κ1) is 25.5. The van der Waals surface area contributed by atoms with Crippen LogP contribution in [0, 0.1) is 0 Å². The standard InChI is InChI=1S/C34H27NO4S/c36-40(37)32-16-8-7-15-29(32)35-34-28(14-9-17-33(34)40)20-18-25-19-21-30(38-23-26-10-3-1-4-11-26)31(22-25)39-24-27-12-5-2-6-13-27/h1-22,35H,23-24H2/b20-18+. The van der Waals surface area contributed by atoms with E-state index in [1.807, 2.05) is 103 Å². The van der Waals surface area contributed by atoms with Gasteiger partial charge in [-0.1, -0.05) is 103 Å². The quantitative estimate of drug-likeness (QED) is 0.197. The molecule has 1 aliphatic rings.